The molecule has 0 aliphatic heterocycles. The van der Waals surface area contributed by atoms with Crippen LogP contribution in [0.1, 0.15) is 31.1 Å². The van der Waals surface area contributed by atoms with E-state index in [9.17, 15) is 13.2 Å². The molecule has 0 saturated heterocycles. The number of anilines is 1. The average Bonchev–Trinajstić information content (AvgIpc) is 2.39. The van der Waals surface area contributed by atoms with Crippen LogP contribution in [-0.2, 0) is 10.0 Å². The van der Waals surface area contributed by atoms with Crippen molar-refractivity contribution in [3.05, 3.63) is 23.8 Å². The van der Waals surface area contributed by atoms with Gasteiger partial charge in [0.05, 0.1) is 10.5 Å². The molecule has 0 heterocycles. The summed E-state index contributed by atoms with van der Waals surface area (Å²) in [7, 11) is -3.74. The highest BCUT2D eigenvalue weighted by molar-refractivity contribution is 7.89. The number of hydrogen-bond donors (Lipinski definition) is 2. The molecule has 1 amide bonds. The lowest BCUT2D eigenvalue weighted by Crippen LogP contribution is -2.33. The van der Waals surface area contributed by atoms with Crippen molar-refractivity contribution in [1.29, 1.82) is 0 Å². The molecule has 0 spiro atoms. The predicted molar refractivity (Wildman–Crippen MR) is 79.0 cm³/mol. The smallest absolute Gasteiger partial charge is 0.255 e. The Morgan fingerprint density at radius 2 is 1.85 bits per heavy atom. The largest absolute Gasteiger partial charge is 0.399 e. The molecule has 20 heavy (non-hydrogen) atoms. The number of rotatable bonds is 6. The van der Waals surface area contributed by atoms with Crippen molar-refractivity contribution in [2.45, 2.75) is 25.7 Å². The Balaban J connectivity index is 3.38. The maximum absolute atomic E-state index is 12.4. The van der Waals surface area contributed by atoms with E-state index in [0.29, 0.717) is 18.8 Å². The number of carbonyl (C=O) groups is 1. The van der Waals surface area contributed by atoms with Gasteiger partial charge in [0.25, 0.3) is 5.91 Å². The van der Waals surface area contributed by atoms with Crippen LogP contribution < -0.4 is 10.5 Å². The third-order valence-corrected chi connectivity index (χ3v) is 4.50. The minimum atomic E-state index is -3.74. The summed E-state index contributed by atoms with van der Waals surface area (Å²) in [6, 6.07) is 4.30. The molecule has 0 unspecified atom stereocenters. The number of nitrogens with two attached hydrogens (primary N) is 1. The molecule has 0 aromatic heterocycles. The normalized spacial score (nSPS) is 11.3. The van der Waals surface area contributed by atoms with Crippen molar-refractivity contribution in [1.82, 2.24) is 9.62 Å². The minimum absolute atomic E-state index is 0.0729. The summed E-state index contributed by atoms with van der Waals surface area (Å²) in [4.78, 5) is 13.9. The fourth-order valence-electron chi connectivity index (χ4n) is 1.89. The van der Waals surface area contributed by atoms with Crippen LogP contribution in [-0.4, -0.2) is 38.9 Å². The summed E-state index contributed by atoms with van der Waals surface area (Å²) in [6.07, 6.45) is 0. The number of nitrogen functional groups attached to an aromatic ring is 1. The number of benzene rings is 1. The number of carbonyl (C=O) groups excluding carboxylic acids is 1. The van der Waals surface area contributed by atoms with Crippen molar-refractivity contribution in [3.8, 4) is 0 Å². The highest BCUT2D eigenvalue weighted by Crippen LogP contribution is 2.20. The van der Waals surface area contributed by atoms with Gasteiger partial charge in [0.15, 0.2) is 0 Å². The summed E-state index contributed by atoms with van der Waals surface area (Å²) in [5, 5.41) is 0. The highest BCUT2D eigenvalue weighted by atomic mass is 32.2. The van der Waals surface area contributed by atoms with Crippen LogP contribution in [0.2, 0.25) is 0 Å². The zero-order chi connectivity index (χ0) is 15.3. The lowest BCUT2D eigenvalue weighted by Gasteiger charge is -2.20. The quantitative estimate of drug-likeness (QED) is 0.768. The van der Waals surface area contributed by atoms with Crippen LogP contribution in [0.5, 0.6) is 0 Å². The number of nitrogens with one attached hydrogen (secondary N) is 1. The van der Waals surface area contributed by atoms with E-state index < -0.39 is 10.0 Å². The van der Waals surface area contributed by atoms with E-state index in [0.717, 1.165) is 0 Å². The van der Waals surface area contributed by atoms with E-state index in [2.05, 4.69) is 4.72 Å². The summed E-state index contributed by atoms with van der Waals surface area (Å²) < 4.78 is 26.7. The third-order valence-electron chi connectivity index (χ3n) is 2.91. The van der Waals surface area contributed by atoms with E-state index in [-0.39, 0.29) is 22.9 Å². The Hall–Kier alpha value is -1.60. The van der Waals surface area contributed by atoms with Crippen molar-refractivity contribution >= 4 is 21.6 Å². The Labute approximate surface area is 120 Å². The van der Waals surface area contributed by atoms with Gasteiger partial charge in [0.2, 0.25) is 10.0 Å². The number of nitrogens with zero attached hydrogens (tertiary/aromatic N) is 1. The molecule has 0 saturated carbocycles. The van der Waals surface area contributed by atoms with Crippen LogP contribution in [0.15, 0.2) is 23.1 Å². The second kappa shape index (κ2) is 6.71. The zero-order valence-corrected chi connectivity index (χ0v) is 12.8. The molecule has 7 heteroatoms. The fraction of sp³-hybridized carbons (Fsp3) is 0.462. The second-order valence-electron chi connectivity index (χ2n) is 4.23. The molecule has 1 aromatic rings. The SMILES string of the molecule is CCNS(=O)(=O)c1cc(N)ccc1C(=O)N(CC)CC. The summed E-state index contributed by atoms with van der Waals surface area (Å²) >= 11 is 0. The maximum Gasteiger partial charge on any atom is 0.255 e. The molecule has 1 aromatic carbocycles. The van der Waals surface area contributed by atoms with Gasteiger partial charge in [-0.1, -0.05) is 6.92 Å². The lowest BCUT2D eigenvalue weighted by molar-refractivity contribution is 0.0769. The van der Waals surface area contributed by atoms with Crippen molar-refractivity contribution < 1.29 is 13.2 Å². The molecule has 0 radical (unpaired) electrons. The molecular formula is C13H21N3O3S. The van der Waals surface area contributed by atoms with Crippen molar-refractivity contribution in [2.24, 2.45) is 0 Å². The van der Waals surface area contributed by atoms with E-state index in [1.165, 1.54) is 18.2 Å². The zero-order valence-electron chi connectivity index (χ0n) is 12.0. The van der Waals surface area contributed by atoms with Crippen LogP contribution in [0, 0.1) is 0 Å². The summed E-state index contributed by atoms with van der Waals surface area (Å²) in [5.41, 5.74) is 6.09. The summed E-state index contributed by atoms with van der Waals surface area (Å²) in [5.74, 6) is -0.313. The molecule has 6 nitrogen and oxygen atoms in total. The van der Waals surface area contributed by atoms with Gasteiger partial charge in [-0.05, 0) is 32.0 Å². The molecule has 0 aliphatic carbocycles. The number of amides is 1. The van der Waals surface area contributed by atoms with Gasteiger partial charge in [0, 0.05) is 25.3 Å². The van der Waals surface area contributed by atoms with Gasteiger partial charge in [-0.25, -0.2) is 13.1 Å². The second-order valence-corrected chi connectivity index (χ2v) is 5.97. The van der Waals surface area contributed by atoms with Crippen molar-refractivity contribution in [3.63, 3.8) is 0 Å². The van der Waals surface area contributed by atoms with Gasteiger partial charge in [-0.2, -0.15) is 0 Å². The number of hydrogen-bond acceptors (Lipinski definition) is 4. The Morgan fingerprint density at radius 1 is 1.25 bits per heavy atom. The van der Waals surface area contributed by atoms with Gasteiger partial charge < -0.3 is 10.6 Å². The van der Waals surface area contributed by atoms with Crippen molar-refractivity contribution in [2.75, 3.05) is 25.4 Å². The van der Waals surface area contributed by atoms with Gasteiger partial charge in [0.1, 0.15) is 0 Å². The summed E-state index contributed by atoms with van der Waals surface area (Å²) in [6.45, 7) is 6.64. The predicted octanol–water partition coefficient (Wildman–Crippen LogP) is 1.05. The average molecular weight is 299 g/mol. The Morgan fingerprint density at radius 3 is 2.35 bits per heavy atom. The first-order valence-electron chi connectivity index (χ1n) is 6.55. The minimum Gasteiger partial charge on any atom is -0.399 e. The molecule has 112 valence electrons. The van der Waals surface area contributed by atoms with Crippen LogP contribution in [0.25, 0.3) is 0 Å². The first-order chi connectivity index (χ1) is 9.37. The molecule has 0 atom stereocenters. The topological polar surface area (TPSA) is 92.5 Å². The molecule has 0 bridgehead atoms. The van der Waals surface area contributed by atoms with Gasteiger partial charge in [-0.3, -0.25) is 4.79 Å². The van der Waals surface area contributed by atoms with Crippen LogP contribution in [0.4, 0.5) is 5.69 Å². The third kappa shape index (κ3) is 3.49. The van der Waals surface area contributed by atoms with E-state index >= 15 is 0 Å². The highest BCUT2D eigenvalue weighted by Gasteiger charge is 2.24. The van der Waals surface area contributed by atoms with Crippen LogP contribution >= 0.6 is 0 Å². The van der Waals surface area contributed by atoms with Gasteiger partial charge >= 0.3 is 0 Å². The fourth-order valence-corrected chi connectivity index (χ4v) is 3.16. The van der Waals surface area contributed by atoms with E-state index in [4.69, 9.17) is 5.73 Å². The molecule has 0 aliphatic rings. The first kappa shape index (κ1) is 16.5. The molecule has 1 rings (SSSR count). The standard InChI is InChI=1S/C13H21N3O3S/c1-4-15-20(18,19)12-9-10(14)7-8-11(12)13(17)16(5-2)6-3/h7-9,15H,4-6,14H2,1-3H3. The molecule has 0 fully saturated rings. The van der Waals surface area contributed by atoms with E-state index in [1.54, 1.807) is 11.8 Å². The molecular weight excluding hydrogens is 278 g/mol. The maximum atomic E-state index is 12.4. The Kier molecular flexibility index (Phi) is 5.52. The lowest BCUT2D eigenvalue weighted by atomic mass is 10.2. The van der Waals surface area contributed by atoms with E-state index in [1.807, 2.05) is 13.8 Å². The molecule has 3 N–H and O–H groups in total. The van der Waals surface area contributed by atoms with Crippen LogP contribution in [0.3, 0.4) is 0 Å². The van der Waals surface area contributed by atoms with Gasteiger partial charge in [-0.15, -0.1) is 0 Å². The number of sulfonamides is 1. The Bertz CT molecular complexity index is 581. The first-order valence-corrected chi connectivity index (χ1v) is 8.04. The monoisotopic (exact) mass is 299 g/mol.